The van der Waals surface area contributed by atoms with Crippen molar-refractivity contribution < 1.29 is 17.6 Å². The molecule has 8 heteroatoms. The van der Waals surface area contributed by atoms with Crippen LogP contribution in [0.3, 0.4) is 0 Å². The second-order valence-electron chi connectivity index (χ2n) is 2.97. The number of hydrogen-bond acceptors (Lipinski definition) is 2. The van der Waals surface area contributed by atoms with E-state index in [1.165, 1.54) is 13.1 Å². The minimum Gasteiger partial charge on any atom is -0.307 e. The van der Waals surface area contributed by atoms with Gasteiger partial charge in [0.2, 0.25) is 0 Å². The van der Waals surface area contributed by atoms with E-state index in [9.17, 15) is 17.6 Å². The predicted octanol–water partition coefficient (Wildman–Crippen LogP) is 4.32. The standard InChI is InChI=1S/C8H7BrClF4NS/c1-15-5(8(13,14)7(11)12)4-2-3(9)6(10)16-4/h2,5,7,15H,1H3. The van der Waals surface area contributed by atoms with Crippen LogP contribution in [0.2, 0.25) is 4.34 Å². The molecule has 0 saturated carbocycles. The average molecular weight is 341 g/mol. The van der Waals surface area contributed by atoms with Gasteiger partial charge >= 0.3 is 12.3 Å². The van der Waals surface area contributed by atoms with Gasteiger partial charge in [-0.3, -0.25) is 0 Å². The maximum absolute atomic E-state index is 13.2. The van der Waals surface area contributed by atoms with Gasteiger partial charge in [0.15, 0.2) is 0 Å². The third-order valence-electron chi connectivity index (χ3n) is 1.91. The lowest BCUT2D eigenvalue weighted by Gasteiger charge is -2.24. The molecular formula is C8H7BrClF4NS. The molecule has 0 saturated heterocycles. The lowest BCUT2D eigenvalue weighted by Crippen LogP contribution is -2.40. The first-order valence-corrected chi connectivity index (χ1v) is 6.07. The molecule has 1 aromatic rings. The Balaban J connectivity index is 3.07. The van der Waals surface area contributed by atoms with Gasteiger partial charge in [-0.25, -0.2) is 8.78 Å². The zero-order valence-electron chi connectivity index (χ0n) is 7.91. The van der Waals surface area contributed by atoms with E-state index in [-0.39, 0.29) is 9.21 Å². The summed E-state index contributed by atoms with van der Waals surface area (Å²) in [5, 5.41) is 2.18. The van der Waals surface area contributed by atoms with Crippen LogP contribution in [0.5, 0.6) is 0 Å². The minimum atomic E-state index is -4.14. The lowest BCUT2D eigenvalue weighted by molar-refractivity contribution is -0.149. The van der Waals surface area contributed by atoms with Gasteiger partial charge in [0.25, 0.3) is 0 Å². The maximum Gasteiger partial charge on any atom is 0.327 e. The van der Waals surface area contributed by atoms with Crippen molar-refractivity contribution >= 4 is 38.9 Å². The summed E-state index contributed by atoms with van der Waals surface area (Å²) in [6, 6.07) is -0.439. The van der Waals surface area contributed by atoms with E-state index < -0.39 is 18.4 Å². The monoisotopic (exact) mass is 339 g/mol. The van der Waals surface area contributed by atoms with Gasteiger partial charge < -0.3 is 5.32 Å². The first kappa shape index (κ1) is 14.2. The van der Waals surface area contributed by atoms with E-state index in [0.29, 0.717) is 4.47 Å². The van der Waals surface area contributed by atoms with E-state index in [0.717, 1.165) is 11.3 Å². The number of hydrogen-bond donors (Lipinski definition) is 1. The Morgan fingerprint density at radius 3 is 2.38 bits per heavy atom. The van der Waals surface area contributed by atoms with Gasteiger partial charge in [-0.1, -0.05) is 11.6 Å². The number of nitrogens with one attached hydrogen (secondary N) is 1. The molecule has 0 spiro atoms. The Hall–Kier alpha value is 0.150. The molecule has 0 bridgehead atoms. The highest BCUT2D eigenvalue weighted by molar-refractivity contribution is 9.10. The molecule has 0 fully saturated rings. The Bertz CT molecular complexity index is 351. The molecule has 1 heterocycles. The summed E-state index contributed by atoms with van der Waals surface area (Å²) in [4.78, 5) is 0.0599. The fourth-order valence-electron chi connectivity index (χ4n) is 1.16. The smallest absolute Gasteiger partial charge is 0.307 e. The molecule has 0 aliphatic carbocycles. The molecular weight excluding hydrogens is 334 g/mol. The van der Waals surface area contributed by atoms with E-state index in [1.54, 1.807) is 0 Å². The maximum atomic E-state index is 13.2. The summed E-state index contributed by atoms with van der Waals surface area (Å²) in [5.74, 6) is -4.14. The van der Waals surface area contributed by atoms with Crippen LogP contribution >= 0.6 is 38.9 Å². The fraction of sp³-hybridized carbons (Fsp3) is 0.500. The normalized spacial score (nSPS) is 14.5. The Labute approximate surface area is 107 Å². The summed E-state index contributed by atoms with van der Waals surface area (Å²) < 4.78 is 51.4. The summed E-state index contributed by atoms with van der Waals surface area (Å²) in [7, 11) is 1.20. The number of thiophene rings is 1. The molecule has 0 radical (unpaired) electrons. The Morgan fingerprint density at radius 2 is 2.06 bits per heavy atom. The third kappa shape index (κ3) is 2.69. The fourth-order valence-corrected chi connectivity index (χ4v) is 3.05. The highest BCUT2D eigenvalue weighted by Crippen LogP contribution is 2.42. The van der Waals surface area contributed by atoms with Gasteiger partial charge in [0.05, 0.1) is 0 Å². The summed E-state index contributed by atoms with van der Waals surface area (Å²) in [5.41, 5.74) is 0. The van der Waals surface area contributed by atoms with Crippen LogP contribution in [-0.2, 0) is 0 Å². The minimum absolute atomic E-state index is 0.0599. The summed E-state index contributed by atoms with van der Waals surface area (Å²) in [6.07, 6.45) is -3.73. The topological polar surface area (TPSA) is 12.0 Å². The van der Waals surface area contributed by atoms with Crippen LogP contribution in [0, 0.1) is 0 Å². The third-order valence-corrected chi connectivity index (χ3v) is 4.45. The van der Waals surface area contributed by atoms with Crippen molar-refractivity contribution in [3.63, 3.8) is 0 Å². The van der Waals surface area contributed by atoms with Gasteiger partial charge in [0.1, 0.15) is 10.4 Å². The summed E-state index contributed by atoms with van der Waals surface area (Å²) >= 11 is 9.54. The molecule has 0 aliphatic heterocycles. The zero-order valence-corrected chi connectivity index (χ0v) is 11.1. The van der Waals surface area contributed by atoms with E-state index in [2.05, 4.69) is 21.2 Å². The van der Waals surface area contributed by atoms with Crippen molar-refractivity contribution in [2.24, 2.45) is 0 Å². The van der Waals surface area contributed by atoms with Crippen LogP contribution in [0.1, 0.15) is 10.9 Å². The molecule has 0 amide bonds. The Morgan fingerprint density at radius 1 is 1.50 bits per heavy atom. The van der Waals surface area contributed by atoms with E-state index in [1.807, 2.05) is 0 Å². The second-order valence-corrected chi connectivity index (χ2v) is 5.51. The van der Waals surface area contributed by atoms with Crippen LogP contribution < -0.4 is 5.32 Å². The second kappa shape index (κ2) is 5.20. The van der Waals surface area contributed by atoms with Crippen molar-refractivity contribution in [1.82, 2.24) is 5.32 Å². The van der Waals surface area contributed by atoms with Crippen molar-refractivity contribution in [2.45, 2.75) is 18.4 Å². The highest BCUT2D eigenvalue weighted by Gasteiger charge is 2.49. The Kier molecular flexibility index (Phi) is 4.62. The average Bonchev–Trinajstić information content (AvgIpc) is 2.47. The van der Waals surface area contributed by atoms with Crippen molar-refractivity contribution in [1.29, 1.82) is 0 Å². The van der Waals surface area contributed by atoms with Gasteiger partial charge in [-0.15, -0.1) is 11.3 Å². The van der Waals surface area contributed by atoms with E-state index >= 15 is 0 Å². The molecule has 1 unspecified atom stereocenters. The van der Waals surface area contributed by atoms with Crippen LogP contribution in [0.15, 0.2) is 10.5 Å². The molecule has 1 aromatic heterocycles. The van der Waals surface area contributed by atoms with E-state index in [4.69, 9.17) is 11.6 Å². The van der Waals surface area contributed by atoms with Crippen LogP contribution in [-0.4, -0.2) is 19.4 Å². The first-order valence-electron chi connectivity index (χ1n) is 4.08. The molecule has 1 atom stereocenters. The SMILES string of the molecule is CNC(c1cc(Br)c(Cl)s1)C(F)(F)C(F)F. The van der Waals surface area contributed by atoms with Crippen molar-refractivity contribution in [3.05, 3.63) is 19.8 Å². The van der Waals surface area contributed by atoms with Gasteiger partial charge in [0, 0.05) is 9.35 Å². The number of rotatable bonds is 4. The molecule has 92 valence electrons. The highest BCUT2D eigenvalue weighted by atomic mass is 79.9. The molecule has 0 aliphatic rings. The lowest BCUT2D eigenvalue weighted by atomic mass is 10.1. The molecule has 1 nitrogen and oxygen atoms in total. The first-order chi connectivity index (χ1) is 7.30. The molecule has 1 N–H and O–H groups in total. The number of alkyl halides is 4. The van der Waals surface area contributed by atoms with Crippen LogP contribution in [0.25, 0.3) is 0 Å². The van der Waals surface area contributed by atoms with Crippen molar-refractivity contribution in [2.75, 3.05) is 7.05 Å². The molecule has 1 rings (SSSR count). The molecule has 16 heavy (non-hydrogen) atoms. The van der Waals surface area contributed by atoms with Crippen molar-refractivity contribution in [3.8, 4) is 0 Å². The summed E-state index contributed by atoms with van der Waals surface area (Å²) in [6.45, 7) is 0. The van der Waals surface area contributed by atoms with Gasteiger partial charge in [-0.2, -0.15) is 8.78 Å². The predicted molar refractivity (Wildman–Crippen MR) is 59.8 cm³/mol. The van der Waals surface area contributed by atoms with Crippen LogP contribution in [0.4, 0.5) is 17.6 Å². The van der Waals surface area contributed by atoms with Gasteiger partial charge in [-0.05, 0) is 29.0 Å². The quantitative estimate of drug-likeness (QED) is 0.805. The zero-order chi connectivity index (χ0) is 12.5. The molecule has 0 aromatic carbocycles. The number of halogens is 6. The largest absolute Gasteiger partial charge is 0.327 e.